The summed E-state index contributed by atoms with van der Waals surface area (Å²) in [6.07, 6.45) is 3.90. The number of aromatic nitrogens is 2. The highest BCUT2D eigenvalue weighted by atomic mass is 16.5. The number of pyridine rings is 1. The van der Waals surface area contributed by atoms with Crippen molar-refractivity contribution in [1.29, 1.82) is 0 Å². The third kappa shape index (κ3) is 5.44. The van der Waals surface area contributed by atoms with Crippen molar-refractivity contribution in [1.82, 2.24) is 19.2 Å². The maximum atomic E-state index is 12.9. The van der Waals surface area contributed by atoms with Crippen molar-refractivity contribution < 1.29 is 9.53 Å². The zero-order valence-corrected chi connectivity index (χ0v) is 19.4. The van der Waals surface area contributed by atoms with Crippen LogP contribution in [-0.4, -0.2) is 58.3 Å². The van der Waals surface area contributed by atoms with E-state index in [1.807, 2.05) is 59.3 Å². The molecule has 1 aliphatic rings. The minimum absolute atomic E-state index is 0.157. The SMILES string of the molecule is CN1CCN(Cc2cccc(NC(=O)c3cccc(OCc4cn5ccccc5n4)c3)c2)CC1. The molecule has 2 aromatic carbocycles. The van der Waals surface area contributed by atoms with E-state index in [0.29, 0.717) is 17.9 Å². The lowest BCUT2D eigenvalue weighted by molar-refractivity contribution is 0.102. The fraction of sp³-hybridized carbons (Fsp3) is 0.259. The van der Waals surface area contributed by atoms with E-state index in [1.165, 1.54) is 5.56 Å². The van der Waals surface area contributed by atoms with Gasteiger partial charge in [-0.05, 0) is 55.1 Å². The average molecular weight is 456 g/mol. The number of benzene rings is 2. The Morgan fingerprint density at radius 1 is 1.00 bits per heavy atom. The highest BCUT2D eigenvalue weighted by molar-refractivity contribution is 6.04. The third-order valence-corrected chi connectivity index (χ3v) is 6.08. The van der Waals surface area contributed by atoms with Gasteiger partial charge in [0.25, 0.3) is 5.91 Å². The molecule has 4 aromatic rings. The zero-order chi connectivity index (χ0) is 23.3. The van der Waals surface area contributed by atoms with Crippen LogP contribution in [0.1, 0.15) is 21.6 Å². The molecule has 1 fully saturated rings. The zero-order valence-electron chi connectivity index (χ0n) is 19.4. The van der Waals surface area contributed by atoms with Gasteiger partial charge in [-0.1, -0.05) is 24.3 Å². The number of ether oxygens (including phenoxy) is 1. The van der Waals surface area contributed by atoms with E-state index in [0.717, 1.165) is 49.8 Å². The van der Waals surface area contributed by atoms with Crippen LogP contribution in [0.3, 0.4) is 0 Å². The second-order valence-corrected chi connectivity index (χ2v) is 8.75. The molecule has 34 heavy (non-hydrogen) atoms. The monoisotopic (exact) mass is 455 g/mol. The summed E-state index contributed by atoms with van der Waals surface area (Å²) in [4.78, 5) is 22.2. The Kier molecular flexibility index (Phi) is 6.56. The smallest absolute Gasteiger partial charge is 0.255 e. The second kappa shape index (κ2) is 10.1. The Morgan fingerprint density at radius 3 is 2.71 bits per heavy atom. The lowest BCUT2D eigenvalue weighted by Gasteiger charge is -2.32. The number of fused-ring (bicyclic) bond motifs is 1. The van der Waals surface area contributed by atoms with Crippen LogP contribution in [0.4, 0.5) is 5.69 Å². The van der Waals surface area contributed by atoms with Gasteiger partial charge in [0.15, 0.2) is 0 Å². The normalized spacial score (nSPS) is 14.9. The molecule has 1 saturated heterocycles. The summed E-state index contributed by atoms with van der Waals surface area (Å²) in [6.45, 7) is 5.53. The molecular formula is C27H29N5O2. The van der Waals surface area contributed by atoms with Crippen molar-refractivity contribution in [2.75, 3.05) is 38.5 Å². The highest BCUT2D eigenvalue weighted by Gasteiger charge is 2.14. The fourth-order valence-corrected chi connectivity index (χ4v) is 4.16. The van der Waals surface area contributed by atoms with E-state index in [1.54, 1.807) is 12.1 Å². The van der Waals surface area contributed by atoms with Gasteiger partial charge in [-0.25, -0.2) is 4.98 Å². The molecule has 0 bridgehead atoms. The largest absolute Gasteiger partial charge is 0.487 e. The van der Waals surface area contributed by atoms with Crippen LogP contribution in [0.5, 0.6) is 5.75 Å². The van der Waals surface area contributed by atoms with Gasteiger partial charge in [0, 0.05) is 56.4 Å². The lowest BCUT2D eigenvalue weighted by Crippen LogP contribution is -2.43. The van der Waals surface area contributed by atoms with E-state index in [9.17, 15) is 4.79 Å². The number of carbonyl (C=O) groups excluding carboxylic acids is 1. The van der Waals surface area contributed by atoms with Crippen LogP contribution < -0.4 is 10.1 Å². The Hall–Kier alpha value is -3.68. The van der Waals surface area contributed by atoms with Gasteiger partial charge in [-0.15, -0.1) is 0 Å². The molecular weight excluding hydrogens is 426 g/mol. The fourth-order valence-electron chi connectivity index (χ4n) is 4.16. The molecule has 0 spiro atoms. The lowest BCUT2D eigenvalue weighted by atomic mass is 10.1. The number of carbonyl (C=O) groups is 1. The summed E-state index contributed by atoms with van der Waals surface area (Å²) in [6, 6.07) is 21.2. The van der Waals surface area contributed by atoms with E-state index in [-0.39, 0.29) is 5.91 Å². The van der Waals surface area contributed by atoms with Gasteiger partial charge in [0.2, 0.25) is 0 Å². The highest BCUT2D eigenvalue weighted by Crippen LogP contribution is 2.18. The standard InChI is InChI=1S/C27H29N5O2/c1-30-12-14-31(15-13-30)18-21-6-4-8-23(16-21)29-27(33)22-7-5-9-25(17-22)34-20-24-19-32-11-3-2-10-26(32)28-24/h2-11,16-17,19H,12-15,18,20H2,1H3,(H,29,33). The number of hydrogen-bond acceptors (Lipinski definition) is 5. The average Bonchev–Trinajstić information content (AvgIpc) is 3.28. The van der Waals surface area contributed by atoms with Gasteiger partial charge >= 0.3 is 0 Å². The molecule has 1 aliphatic heterocycles. The number of nitrogens with one attached hydrogen (secondary N) is 1. The van der Waals surface area contributed by atoms with Crippen molar-refractivity contribution >= 4 is 17.2 Å². The number of amides is 1. The minimum atomic E-state index is -0.157. The van der Waals surface area contributed by atoms with E-state index in [2.05, 4.69) is 39.3 Å². The molecule has 7 heteroatoms. The Morgan fingerprint density at radius 2 is 1.85 bits per heavy atom. The number of imidazole rings is 1. The maximum absolute atomic E-state index is 12.9. The number of rotatable bonds is 7. The van der Waals surface area contributed by atoms with Crippen molar-refractivity contribution in [2.24, 2.45) is 0 Å². The van der Waals surface area contributed by atoms with Gasteiger partial charge in [-0.2, -0.15) is 0 Å². The van der Waals surface area contributed by atoms with Crippen molar-refractivity contribution in [3.63, 3.8) is 0 Å². The van der Waals surface area contributed by atoms with Crippen LogP contribution in [0.15, 0.2) is 79.1 Å². The van der Waals surface area contributed by atoms with Crippen LogP contribution in [0, 0.1) is 0 Å². The topological polar surface area (TPSA) is 62.1 Å². The summed E-state index contributed by atoms with van der Waals surface area (Å²) in [7, 11) is 2.16. The molecule has 1 N–H and O–H groups in total. The van der Waals surface area contributed by atoms with Gasteiger partial charge < -0.3 is 19.4 Å². The molecule has 2 aromatic heterocycles. The first-order valence-corrected chi connectivity index (χ1v) is 11.6. The van der Waals surface area contributed by atoms with Crippen molar-refractivity contribution in [3.8, 4) is 5.75 Å². The van der Waals surface area contributed by atoms with Gasteiger partial charge in [-0.3, -0.25) is 9.69 Å². The molecule has 3 heterocycles. The maximum Gasteiger partial charge on any atom is 0.255 e. The quantitative estimate of drug-likeness (QED) is 0.458. The van der Waals surface area contributed by atoms with E-state index in [4.69, 9.17) is 4.74 Å². The number of piperazine rings is 1. The summed E-state index contributed by atoms with van der Waals surface area (Å²) in [5.41, 5.74) is 4.26. The third-order valence-electron chi connectivity index (χ3n) is 6.08. The first-order chi connectivity index (χ1) is 16.6. The van der Waals surface area contributed by atoms with Crippen molar-refractivity contribution in [2.45, 2.75) is 13.2 Å². The molecule has 0 aliphatic carbocycles. The number of anilines is 1. The molecule has 0 atom stereocenters. The Balaban J connectivity index is 1.20. The predicted octanol–water partition coefficient (Wildman–Crippen LogP) is 3.91. The van der Waals surface area contributed by atoms with E-state index >= 15 is 0 Å². The molecule has 0 saturated carbocycles. The summed E-state index contributed by atoms with van der Waals surface area (Å²) < 4.78 is 7.87. The first-order valence-electron chi connectivity index (χ1n) is 11.6. The number of nitrogens with zero attached hydrogens (tertiary/aromatic N) is 4. The molecule has 5 rings (SSSR count). The Bertz CT molecular complexity index is 1240. The predicted molar refractivity (Wildman–Crippen MR) is 133 cm³/mol. The van der Waals surface area contributed by atoms with Gasteiger partial charge in [0.05, 0.1) is 5.69 Å². The molecule has 0 radical (unpaired) electrons. The number of likely N-dealkylation sites (N-methyl/N-ethyl adjacent to an activating group) is 1. The molecule has 0 unspecified atom stereocenters. The van der Waals surface area contributed by atoms with Crippen LogP contribution >= 0.6 is 0 Å². The van der Waals surface area contributed by atoms with Gasteiger partial charge in [0.1, 0.15) is 18.0 Å². The summed E-state index contributed by atoms with van der Waals surface area (Å²) in [5.74, 6) is 0.475. The summed E-state index contributed by atoms with van der Waals surface area (Å²) in [5, 5.41) is 3.02. The van der Waals surface area contributed by atoms with Crippen molar-refractivity contribution in [3.05, 3.63) is 95.9 Å². The number of hydrogen-bond donors (Lipinski definition) is 1. The van der Waals surface area contributed by atoms with Crippen LogP contribution in [-0.2, 0) is 13.2 Å². The first kappa shape index (κ1) is 22.1. The van der Waals surface area contributed by atoms with Crippen LogP contribution in [0.25, 0.3) is 5.65 Å². The minimum Gasteiger partial charge on any atom is -0.487 e. The van der Waals surface area contributed by atoms with Crippen LogP contribution in [0.2, 0.25) is 0 Å². The summed E-state index contributed by atoms with van der Waals surface area (Å²) >= 11 is 0. The molecule has 7 nitrogen and oxygen atoms in total. The second-order valence-electron chi connectivity index (χ2n) is 8.75. The molecule has 174 valence electrons. The molecule has 1 amide bonds. The van der Waals surface area contributed by atoms with E-state index < -0.39 is 0 Å². The Labute approximate surface area is 199 Å².